The van der Waals surface area contributed by atoms with Gasteiger partial charge in [-0.05, 0) is 23.8 Å². The monoisotopic (exact) mass is 397 g/mol. The molecular formula is C17H23N3O6S. The normalized spacial score (nSPS) is 11.1. The molecule has 27 heavy (non-hydrogen) atoms. The predicted molar refractivity (Wildman–Crippen MR) is 98.9 cm³/mol. The highest BCUT2D eigenvalue weighted by Crippen LogP contribution is 2.35. The van der Waals surface area contributed by atoms with Crippen LogP contribution in [-0.4, -0.2) is 33.8 Å². The van der Waals surface area contributed by atoms with Crippen LogP contribution in [0.15, 0.2) is 46.1 Å². The van der Waals surface area contributed by atoms with Crippen LogP contribution in [0, 0.1) is 0 Å². The van der Waals surface area contributed by atoms with Crippen LogP contribution in [0.4, 0.5) is 4.79 Å². The quantitative estimate of drug-likeness (QED) is 0.620. The number of furan rings is 1. The maximum atomic E-state index is 12.5. The number of hydrogen-bond donors (Lipinski definition) is 3. The van der Waals surface area contributed by atoms with Crippen molar-refractivity contribution >= 4 is 22.3 Å². The number of benzene rings is 1. The van der Waals surface area contributed by atoms with Gasteiger partial charge in [0.15, 0.2) is 9.84 Å². The Kier molecular flexibility index (Phi) is 7.41. The lowest BCUT2D eigenvalue weighted by Gasteiger charge is -2.25. The molecular weight excluding hydrogens is 374 g/mol. The average molecular weight is 397 g/mol. The van der Waals surface area contributed by atoms with Gasteiger partial charge in [0.2, 0.25) is 6.41 Å². The van der Waals surface area contributed by atoms with Gasteiger partial charge in [0.1, 0.15) is 16.5 Å². The van der Waals surface area contributed by atoms with Crippen molar-refractivity contribution in [1.82, 2.24) is 5.32 Å². The number of ether oxygens (including phenoxy) is 1. The lowest BCUT2D eigenvalue weighted by Crippen LogP contribution is -2.34. The van der Waals surface area contributed by atoms with E-state index in [0.717, 1.165) is 11.1 Å². The largest absolute Gasteiger partial charge is 0.495 e. The summed E-state index contributed by atoms with van der Waals surface area (Å²) in [7, 11) is -2.42. The zero-order chi connectivity index (χ0) is 20.7. The third kappa shape index (κ3) is 5.48. The minimum absolute atomic E-state index is 0.00665. The molecule has 2 rings (SSSR count). The van der Waals surface area contributed by atoms with Gasteiger partial charge < -0.3 is 25.9 Å². The Hall–Kier alpha value is -3.01. The first-order chi connectivity index (χ1) is 12.6. The smallest absolute Gasteiger partial charge is 0.313 e. The molecule has 1 aromatic heterocycles. The lowest BCUT2D eigenvalue weighted by atomic mass is 9.79. The fourth-order valence-electron chi connectivity index (χ4n) is 2.34. The zero-order valence-corrected chi connectivity index (χ0v) is 16.1. The van der Waals surface area contributed by atoms with Gasteiger partial charge in [-0.3, -0.25) is 4.79 Å². The van der Waals surface area contributed by atoms with E-state index in [1.54, 1.807) is 30.7 Å². The average Bonchev–Trinajstić information content (AvgIpc) is 3.15. The number of primary amides is 2. The summed E-state index contributed by atoms with van der Waals surface area (Å²) in [5, 5.41) is 2.10. The molecule has 1 heterocycles. The van der Waals surface area contributed by atoms with Crippen molar-refractivity contribution in [1.29, 1.82) is 0 Å². The molecule has 0 bridgehead atoms. The number of rotatable bonds is 6. The first-order valence-electron chi connectivity index (χ1n) is 7.72. The van der Waals surface area contributed by atoms with E-state index in [4.69, 9.17) is 19.7 Å². The predicted octanol–water partition coefficient (Wildman–Crippen LogP) is 1.12. The summed E-state index contributed by atoms with van der Waals surface area (Å²) in [4.78, 5) is 19.4. The van der Waals surface area contributed by atoms with E-state index in [0.29, 0.717) is 0 Å². The summed E-state index contributed by atoms with van der Waals surface area (Å²) >= 11 is 0. The molecule has 5 N–H and O–H groups in total. The maximum Gasteiger partial charge on any atom is 0.313 e. The number of carbonyl (C=O) groups excluding carboxylic acids is 2. The van der Waals surface area contributed by atoms with Crippen molar-refractivity contribution in [2.24, 2.45) is 11.5 Å². The topological polar surface area (TPSA) is 155 Å². The highest BCUT2D eigenvalue weighted by Gasteiger charge is 2.28. The van der Waals surface area contributed by atoms with Gasteiger partial charge >= 0.3 is 6.03 Å². The van der Waals surface area contributed by atoms with E-state index in [-0.39, 0.29) is 17.1 Å². The minimum atomic E-state index is -3.81. The molecule has 0 aliphatic heterocycles. The summed E-state index contributed by atoms with van der Waals surface area (Å²) in [5.41, 5.74) is 10.3. The molecule has 10 heteroatoms. The molecule has 0 radical (unpaired) electrons. The van der Waals surface area contributed by atoms with Crippen molar-refractivity contribution in [3.63, 3.8) is 0 Å². The fraction of sp³-hybridized carbons (Fsp3) is 0.294. The van der Waals surface area contributed by atoms with Crippen LogP contribution >= 0.6 is 0 Å². The third-order valence-electron chi connectivity index (χ3n) is 3.90. The summed E-state index contributed by atoms with van der Waals surface area (Å²) in [6.45, 7) is 3.91. The van der Waals surface area contributed by atoms with Gasteiger partial charge in [-0.25, -0.2) is 13.2 Å². The molecule has 0 saturated carbocycles. The maximum absolute atomic E-state index is 12.5. The number of methoxy groups -OCH3 is 1. The van der Waals surface area contributed by atoms with Crippen LogP contribution in [0.2, 0.25) is 0 Å². The SMILES string of the molecule is COc1ccc(C(C)(C)c2ccoc2)cc1S(=O)(=O)CNC(N)=O.NC=O. The second kappa shape index (κ2) is 9.08. The molecule has 0 fully saturated rings. The molecule has 0 atom stereocenters. The molecule has 148 valence electrons. The lowest BCUT2D eigenvalue weighted by molar-refractivity contribution is -0.106. The first-order valence-corrected chi connectivity index (χ1v) is 9.38. The Morgan fingerprint density at radius 1 is 1.30 bits per heavy atom. The van der Waals surface area contributed by atoms with Gasteiger partial charge in [-0.15, -0.1) is 0 Å². The van der Waals surface area contributed by atoms with E-state index < -0.39 is 27.2 Å². The molecule has 1 aromatic carbocycles. The van der Waals surface area contributed by atoms with Crippen LogP contribution in [-0.2, 0) is 20.0 Å². The van der Waals surface area contributed by atoms with Crippen molar-refractivity contribution < 1.29 is 27.2 Å². The Morgan fingerprint density at radius 3 is 2.41 bits per heavy atom. The standard InChI is InChI=1S/C16H20N2O5S.CH3NO/c1-16(2,12-6-7-23-9-12)11-4-5-13(22-3)14(8-11)24(20,21)10-18-15(17)19;2-1-3/h4-9H,10H2,1-3H3,(H3,17,18,19);1H,(H2,2,3). The van der Waals surface area contributed by atoms with E-state index in [2.05, 4.69) is 11.1 Å². The molecule has 0 unspecified atom stereocenters. The van der Waals surface area contributed by atoms with E-state index in [9.17, 15) is 13.2 Å². The van der Waals surface area contributed by atoms with E-state index in [1.807, 2.05) is 19.9 Å². The number of nitrogens with two attached hydrogens (primary N) is 2. The van der Waals surface area contributed by atoms with Crippen LogP contribution in [0.25, 0.3) is 0 Å². The highest BCUT2D eigenvalue weighted by atomic mass is 32.2. The van der Waals surface area contributed by atoms with E-state index >= 15 is 0 Å². The number of nitrogens with one attached hydrogen (secondary N) is 1. The van der Waals surface area contributed by atoms with Gasteiger partial charge in [-0.2, -0.15) is 0 Å². The van der Waals surface area contributed by atoms with Gasteiger partial charge in [0.25, 0.3) is 0 Å². The number of hydrogen-bond acceptors (Lipinski definition) is 6. The van der Waals surface area contributed by atoms with Crippen LogP contribution < -0.4 is 21.5 Å². The van der Waals surface area contributed by atoms with Crippen molar-refractivity contribution in [2.75, 3.05) is 13.0 Å². The Balaban J connectivity index is 0.00000114. The van der Waals surface area contributed by atoms with Gasteiger partial charge in [0.05, 0.1) is 19.6 Å². The molecule has 0 saturated heterocycles. The Bertz CT molecular complexity index is 876. The molecule has 3 amide bonds. The highest BCUT2D eigenvalue weighted by molar-refractivity contribution is 7.91. The Morgan fingerprint density at radius 2 is 1.93 bits per heavy atom. The number of sulfone groups is 1. The molecule has 9 nitrogen and oxygen atoms in total. The first kappa shape index (κ1) is 22.0. The summed E-state index contributed by atoms with van der Waals surface area (Å²) < 4.78 is 35.3. The van der Waals surface area contributed by atoms with E-state index in [1.165, 1.54) is 7.11 Å². The summed E-state index contributed by atoms with van der Waals surface area (Å²) in [6, 6.07) is 5.85. The van der Waals surface area contributed by atoms with Gasteiger partial charge in [-0.1, -0.05) is 19.9 Å². The van der Waals surface area contributed by atoms with Crippen LogP contribution in [0.3, 0.4) is 0 Å². The van der Waals surface area contributed by atoms with Crippen LogP contribution in [0.1, 0.15) is 25.0 Å². The minimum Gasteiger partial charge on any atom is -0.495 e. The third-order valence-corrected chi connectivity index (χ3v) is 5.41. The summed E-state index contributed by atoms with van der Waals surface area (Å²) in [6.07, 6.45) is 3.43. The number of amides is 3. The number of carbonyl (C=O) groups is 2. The van der Waals surface area contributed by atoms with Gasteiger partial charge in [0, 0.05) is 11.0 Å². The molecule has 0 aliphatic carbocycles. The van der Waals surface area contributed by atoms with Crippen molar-refractivity contribution in [3.05, 3.63) is 47.9 Å². The van der Waals surface area contributed by atoms with Crippen molar-refractivity contribution in [2.45, 2.75) is 24.2 Å². The van der Waals surface area contributed by atoms with Crippen molar-refractivity contribution in [3.8, 4) is 5.75 Å². The molecule has 0 aliphatic rings. The zero-order valence-electron chi connectivity index (χ0n) is 15.3. The second-order valence-corrected chi connectivity index (χ2v) is 7.90. The fourth-order valence-corrected chi connectivity index (χ4v) is 3.59. The summed E-state index contributed by atoms with van der Waals surface area (Å²) in [5.74, 6) is -0.401. The van der Waals surface area contributed by atoms with Crippen LogP contribution in [0.5, 0.6) is 5.75 Å². The molecule has 0 spiro atoms. The molecule has 2 aromatic rings. The number of urea groups is 1. The second-order valence-electron chi connectivity index (χ2n) is 5.94. The Labute approximate surface area is 157 Å².